The van der Waals surface area contributed by atoms with Gasteiger partial charge in [-0.1, -0.05) is 35.3 Å². The van der Waals surface area contributed by atoms with Crippen molar-refractivity contribution < 1.29 is 9.53 Å². The van der Waals surface area contributed by atoms with Crippen LogP contribution in [0.15, 0.2) is 18.2 Å². The molecule has 1 aliphatic heterocycles. The van der Waals surface area contributed by atoms with Gasteiger partial charge in [0.25, 0.3) is 0 Å². The van der Waals surface area contributed by atoms with Crippen LogP contribution < -0.4 is 10.6 Å². The van der Waals surface area contributed by atoms with Crippen molar-refractivity contribution in [2.45, 2.75) is 19.3 Å². The first-order chi connectivity index (χ1) is 10.6. The topological polar surface area (TPSA) is 50.4 Å². The van der Waals surface area contributed by atoms with Crippen LogP contribution in [-0.4, -0.2) is 39.3 Å². The first-order valence-corrected chi connectivity index (χ1v) is 8.25. The lowest BCUT2D eigenvalue weighted by molar-refractivity contribution is -0.136. The maximum Gasteiger partial charge on any atom is 0.228 e. The minimum atomic E-state index is -0.419. The molecule has 1 fully saturated rings. The molecule has 1 saturated heterocycles. The highest BCUT2D eigenvalue weighted by molar-refractivity contribution is 6.42. The van der Waals surface area contributed by atoms with Crippen molar-refractivity contribution in [3.8, 4) is 0 Å². The van der Waals surface area contributed by atoms with E-state index in [9.17, 15) is 4.79 Å². The van der Waals surface area contributed by atoms with E-state index in [0.29, 0.717) is 29.6 Å². The molecule has 1 aromatic carbocycles. The first kappa shape index (κ1) is 20.5. The summed E-state index contributed by atoms with van der Waals surface area (Å²) in [4.78, 5) is 12.6. The molecule has 0 spiro atoms. The molecular weight excluding hydrogens is 359 g/mol. The minimum absolute atomic E-state index is 0. The van der Waals surface area contributed by atoms with E-state index in [2.05, 4.69) is 10.6 Å². The third-order valence-corrected chi connectivity index (χ3v) is 5.03. The Kier molecular flexibility index (Phi) is 8.65. The Morgan fingerprint density at radius 2 is 2.04 bits per heavy atom. The number of amides is 1. The van der Waals surface area contributed by atoms with Gasteiger partial charge in [0, 0.05) is 13.7 Å². The summed E-state index contributed by atoms with van der Waals surface area (Å²) in [5.74, 6) is 0.0639. The fraction of sp³-hybridized carbons (Fsp3) is 0.562. The van der Waals surface area contributed by atoms with E-state index in [-0.39, 0.29) is 18.3 Å². The van der Waals surface area contributed by atoms with Crippen LogP contribution in [0.2, 0.25) is 10.0 Å². The summed E-state index contributed by atoms with van der Waals surface area (Å²) in [6, 6.07) is 5.55. The highest BCUT2D eigenvalue weighted by atomic mass is 35.5. The van der Waals surface area contributed by atoms with E-state index < -0.39 is 5.41 Å². The Hall–Kier alpha value is -0.520. The molecule has 23 heavy (non-hydrogen) atoms. The number of hydrogen-bond donors (Lipinski definition) is 2. The molecule has 1 aromatic rings. The predicted octanol–water partition coefficient (Wildman–Crippen LogP) is 3.09. The largest absolute Gasteiger partial charge is 0.384 e. The Labute approximate surface area is 153 Å². The van der Waals surface area contributed by atoms with Crippen LogP contribution in [0.3, 0.4) is 0 Å². The summed E-state index contributed by atoms with van der Waals surface area (Å²) in [5.41, 5.74) is 0.526. The zero-order valence-electron chi connectivity index (χ0n) is 13.2. The van der Waals surface area contributed by atoms with E-state index in [1.807, 2.05) is 12.1 Å². The summed E-state index contributed by atoms with van der Waals surface area (Å²) in [6.07, 6.45) is 2.25. The SMILES string of the molecule is COCC1(C(=O)NCCc2cccc(Cl)c2Cl)CCNCC1.Cl. The van der Waals surface area contributed by atoms with Gasteiger partial charge < -0.3 is 15.4 Å². The highest BCUT2D eigenvalue weighted by Gasteiger charge is 2.39. The zero-order valence-corrected chi connectivity index (χ0v) is 15.5. The molecule has 1 heterocycles. The number of rotatable bonds is 6. The number of hydrogen-bond acceptors (Lipinski definition) is 3. The molecule has 0 aliphatic carbocycles. The average molecular weight is 382 g/mol. The molecule has 0 unspecified atom stereocenters. The quantitative estimate of drug-likeness (QED) is 0.796. The summed E-state index contributed by atoms with van der Waals surface area (Å²) in [6.45, 7) is 2.68. The van der Waals surface area contributed by atoms with E-state index in [1.54, 1.807) is 13.2 Å². The molecule has 1 aliphatic rings. The van der Waals surface area contributed by atoms with Crippen molar-refractivity contribution in [1.82, 2.24) is 10.6 Å². The van der Waals surface area contributed by atoms with Crippen LogP contribution in [0, 0.1) is 5.41 Å². The Morgan fingerprint density at radius 1 is 1.35 bits per heavy atom. The number of piperidine rings is 1. The Morgan fingerprint density at radius 3 is 2.70 bits per heavy atom. The van der Waals surface area contributed by atoms with Crippen molar-refractivity contribution >= 4 is 41.5 Å². The van der Waals surface area contributed by atoms with Crippen LogP contribution in [0.4, 0.5) is 0 Å². The van der Waals surface area contributed by atoms with Gasteiger partial charge in [-0.2, -0.15) is 0 Å². The maximum atomic E-state index is 12.6. The molecule has 1 amide bonds. The second-order valence-electron chi connectivity index (χ2n) is 5.68. The molecule has 0 atom stereocenters. The molecule has 7 heteroatoms. The van der Waals surface area contributed by atoms with Crippen molar-refractivity contribution in [3.05, 3.63) is 33.8 Å². The fourth-order valence-electron chi connectivity index (χ4n) is 2.86. The normalized spacial score (nSPS) is 16.5. The Bertz CT molecular complexity index is 515. The second-order valence-corrected chi connectivity index (χ2v) is 6.47. The van der Waals surface area contributed by atoms with Crippen LogP contribution in [-0.2, 0) is 16.0 Å². The van der Waals surface area contributed by atoms with Gasteiger partial charge >= 0.3 is 0 Å². The molecule has 0 radical (unpaired) electrons. The summed E-state index contributed by atoms with van der Waals surface area (Å²) in [7, 11) is 1.64. The summed E-state index contributed by atoms with van der Waals surface area (Å²) >= 11 is 12.2. The van der Waals surface area contributed by atoms with Gasteiger partial charge in [-0.15, -0.1) is 12.4 Å². The predicted molar refractivity (Wildman–Crippen MR) is 96.8 cm³/mol. The number of methoxy groups -OCH3 is 1. The van der Waals surface area contributed by atoms with Gasteiger partial charge in [-0.25, -0.2) is 0 Å². The van der Waals surface area contributed by atoms with Crippen LogP contribution in [0.25, 0.3) is 0 Å². The smallest absolute Gasteiger partial charge is 0.228 e. The lowest BCUT2D eigenvalue weighted by Gasteiger charge is -2.35. The van der Waals surface area contributed by atoms with Crippen molar-refractivity contribution in [1.29, 1.82) is 0 Å². The number of carbonyl (C=O) groups excluding carboxylic acids is 1. The maximum absolute atomic E-state index is 12.6. The van der Waals surface area contributed by atoms with Gasteiger partial charge in [0.05, 0.1) is 22.1 Å². The number of ether oxygens (including phenoxy) is 1. The summed E-state index contributed by atoms with van der Waals surface area (Å²) in [5, 5.41) is 7.41. The molecule has 4 nitrogen and oxygen atoms in total. The molecule has 0 saturated carbocycles. The lowest BCUT2D eigenvalue weighted by atomic mass is 9.78. The minimum Gasteiger partial charge on any atom is -0.384 e. The van der Waals surface area contributed by atoms with Crippen LogP contribution in [0.1, 0.15) is 18.4 Å². The van der Waals surface area contributed by atoms with Crippen molar-refractivity contribution in [3.63, 3.8) is 0 Å². The second kappa shape index (κ2) is 9.70. The third kappa shape index (κ3) is 5.23. The number of benzene rings is 1. The molecule has 0 bridgehead atoms. The fourth-order valence-corrected chi connectivity index (χ4v) is 3.27. The first-order valence-electron chi connectivity index (χ1n) is 7.50. The van der Waals surface area contributed by atoms with Crippen LogP contribution >= 0.6 is 35.6 Å². The molecule has 2 N–H and O–H groups in total. The zero-order chi connectivity index (χ0) is 16.0. The van der Waals surface area contributed by atoms with Crippen molar-refractivity contribution in [2.75, 3.05) is 33.4 Å². The molecule has 0 aromatic heterocycles. The van der Waals surface area contributed by atoms with Gasteiger partial charge in [0.15, 0.2) is 0 Å². The van der Waals surface area contributed by atoms with Gasteiger partial charge in [0.2, 0.25) is 5.91 Å². The summed E-state index contributed by atoms with van der Waals surface area (Å²) < 4.78 is 5.28. The lowest BCUT2D eigenvalue weighted by Crippen LogP contribution is -2.50. The van der Waals surface area contributed by atoms with Gasteiger partial charge in [-0.05, 0) is 44.0 Å². The van der Waals surface area contributed by atoms with Crippen LogP contribution in [0.5, 0.6) is 0 Å². The van der Waals surface area contributed by atoms with Gasteiger partial charge in [0.1, 0.15) is 0 Å². The Balaban J connectivity index is 0.00000264. The van der Waals surface area contributed by atoms with E-state index in [1.165, 1.54) is 0 Å². The highest BCUT2D eigenvalue weighted by Crippen LogP contribution is 2.29. The number of carbonyl (C=O) groups is 1. The standard InChI is InChI=1S/C16H22Cl2N2O2.ClH/c1-22-11-16(6-9-19-10-7-16)15(21)20-8-5-12-3-2-4-13(17)14(12)18;/h2-4,19H,5-11H2,1H3,(H,20,21);1H. The molecule has 130 valence electrons. The average Bonchev–Trinajstić information content (AvgIpc) is 2.52. The van der Waals surface area contributed by atoms with Crippen molar-refractivity contribution in [2.24, 2.45) is 5.41 Å². The molecule has 2 rings (SSSR count). The number of nitrogens with one attached hydrogen (secondary N) is 2. The van der Waals surface area contributed by atoms with E-state index in [4.69, 9.17) is 27.9 Å². The third-order valence-electron chi connectivity index (χ3n) is 4.17. The number of halogens is 3. The van der Waals surface area contributed by atoms with Gasteiger partial charge in [-0.3, -0.25) is 4.79 Å². The molecular formula is C16H23Cl3N2O2. The monoisotopic (exact) mass is 380 g/mol. The van der Waals surface area contributed by atoms with E-state index in [0.717, 1.165) is 31.5 Å². The van der Waals surface area contributed by atoms with E-state index >= 15 is 0 Å².